The van der Waals surface area contributed by atoms with Crippen LogP contribution in [0.5, 0.6) is 0 Å². The van der Waals surface area contributed by atoms with Gasteiger partial charge in [-0.3, -0.25) is 0 Å². The predicted molar refractivity (Wildman–Crippen MR) is 89.5 cm³/mol. The van der Waals surface area contributed by atoms with E-state index in [1.165, 1.54) is 30.4 Å². The zero-order valence-electron chi connectivity index (χ0n) is 13.0. The maximum Gasteiger partial charge on any atom is 0.0991 e. The number of rotatable bonds is 4. The molecule has 1 aliphatic carbocycles. The Hall–Kier alpha value is -2.11. The second kappa shape index (κ2) is 6.77. The molecule has 1 aliphatic rings. The van der Waals surface area contributed by atoms with E-state index in [4.69, 9.17) is 5.26 Å². The summed E-state index contributed by atoms with van der Waals surface area (Å²) in [4.78, 5) is 0. The molecular formula is C20H22N2. The molecule has 2 aromatic carbocycles. The summed E-state index contributed by atoms with van der Waals surface area (Å²) in [6.07, 6.45) is 3.68. The van der Waals surface area contributed by atoms with Crippen LogP contribution >= 0.6 is 0 Å². The van der Waals surface area contributed by atoms with Gasteiger partial charge in [0.2, 0.25) is 0 Å². The zero-order valence-corrected chi connectivity index (χ0v) is 13.0. The minimum atomic E-state index is 0.285. The molecule has 2 nitrogen and oxygen atoms in total. The Morgan fingerprint density at radius 1 is 1.09 bits per heavy atom. The van der Waals surface area contributed by atoms with Crippen LogP contribution in [0.15, 0.2) is 54.6 Å². The van der Waals surface area contributed by atoms with Gasteiger partial charge in [0.15, 0.2) is 0 Å². The Morgan fingerprint density at radius 3 is 2.68 bits per heavy atom. The van der Waals surface area contributed by atoms with Crippen LogP contribution in [0.25, 0.3) is 0 Å². The highest BCUT2D eigenvalue weighted by Gasteiger charge is 2.26. The lowest BCUT2D eigenvalue weighted by Gasteiger charge is -2.20. The van der Waals surface area contributed by atoms with Crippen molar-refractivity contribution in [1.82, 2.24) is 5.32 Å². The van der Waals surface area contributed by atoms with E-state index in [-0.39, 0.29) is 6.04 Å². The molecule has 0 saturated heterocycles. The van der Waals surface area contributed by atoms with Gasteiger partial charge in [-0.25, -0.2) is 0 Å². The molecule has 22 heavy (non-hydrogen) atoms. The van der Waals surface area contributed by atoms with Crippen LogP contribution in [0, 0.1) is 11.3 Å². The number of hydrogen-bond acceptors (Lipinski definition) is 2. The molecule has 3 rings (SSSR count). The fourth-order valence-corrected chi connectivity index (χ4v) is 3.49. The van der Waals surface area contributed by atoms with Gasteiger partial charge < -0.3 is 5.32 Å². The van der Waals surface area contributed by atoms with Crippen molar-refractivity contribution in [2.45, 2.75) is 44.2 Å². The number of hydrogen-bond donors (Lipinski definition) is 1. The fraction of sp³-hybridized carbons (Fsp3) is 0.350. The van der Waals surface area contributed by atoms with Gasteiger partial charge in [-0.05, 0) is 55.4 Å². The first-order chi connectivity index (χ1) is 10.8. The summed E-state index contributed by atoms with van der Waals surface area (Å²) < 4.78 is 0. The molecule has 1 N–H and O–H groups in total. The maximum atomic E-state index is 9.02. The van der Waals surface area contributed by atoms with Crippen molar-refractivity contribution in [2.75, 3.05) is 0 Å². The van der Waals surface area contributed by atoms with Gasteiger partial charge in [0.25, 0.3) is 0 Å². The van der Waals surface area contributed by atoms with Crippen molar-refractivity contribution in [1.29, 1.82) is 5.26 Å². The number of nitrogens with zero attached hydrogens (tertiary/aromatic N) is 1. The molecule has 0 radical (unpaired) electrons. The first kappa shape index (κ1) is 14.8. The lowest BCUT2D eigenvalue weighted by molar-refractivity contribution is 0.457. The van der Waals surface area contributed by atoms with Crippen LogP contribution in [0.2, 0.25) is 0 Å². The third-order valence-electron chi connectivity index (χ3n) is 4.71. The largest absolute Gasteiger partial charge is 0.307 e. The fourth-order valence-electron chi connectivity index (χ4n) is 3.49. The van der Waals surface area contributed by atoms with Crippen molar-refractivity contribution in [3.05, 3.63) is 71.3 Å². The molecule has 0 aromatic heterocycles. The molecule has 112 valence electrons. The summed E-state index contributed by atoms with van der Waals surface area (Å²) in [5.41, 5.74) is 3.40. The van der Waals surface area contributed by atoms with Crippen molar-refractivity contribution >= 4 is 0 Å². The Bertz CT molecular complexity index is 657. The summed E-state index contributed by atoms with van der Waals surface area (Å²) in [6.45, 7) is 2.19. The van der Waals surface area contributed by atoms with Crippen LogP contribution in [0.1, 0.15) is 54.8 Å². The van der Waals surface area contributed by atoms with E-state index in [0.29, 0.717) is 12.0 Å². The second-order valence-electron chi connectivity index (χ2n) is 6.24. The SMILES string of the molecule is CC(NC1CCC(c2ccccc2)C1)c1cccc(C#N)c1. The third kappa shape index (κ3) is 3.37. The van der Waals surface area contributed by atoms with Gasteiger partial charge in [-0.1, -0.05) is 42.5 Å². The van der Waals surface area contributed by atoms with E-state index in [9.17, 15) is 0 Å². The molecule has 0 spiro atoms. The Kier molecular flexibility index (Phi) is 4.56. The van der Waals surface area contributed by atoms with E-state index >= 15 is 0 Å². The van der Waals surface area contributed by atoms with Gasteiger partial charge in [-0.2, -0.15) is 5.26 Å². The normalized spacial score (nSPS) is 22.2. The molecule has 3 atom stereocenters. The van der Waals surface area contributed by atoms with Gasteiger partial charge in [0, 0.05) is 12.1 Å². The van der Waals surface area contributed by atoms with Crippen molar-refractivity contribution in [2.24, 2.45) is 0 Å². The number of nitrogens with one attached hydrogen (secondary N) is 1. The number of benzene rings is 2. The van der Waals surface area contributed by atoms with Gasteiger partial charge >= 0.3 is 0 Å². The molecular weight excluding hydrogens is 268 g/mol. The second-order valence-corrected chi connectivity index (χ2v) is 6.24. The Morgan fingerprint density at radius 2 is 1.91 bits per heavy atom. The highest BCUT2D eigenvalue weighted by atomic mass is 14.9. The van der Waals surface area contributed by atoms with Crippen LogP contribution in [0.4, 0.5) is 0 Å². The van der Waals surface area contributed by atoms with Crippen LogP contribution in [-0.2, 0) is 0 Å². The lowest BCUT2D eigenvalue weighted by atomic mass is 9.97. The van der Waals surface area contributed by atoms with E-state index < -0.39 is 0 Å². The summed E-state index contributed by atoms with van der Waals surface area (Å²) in [6, 6.07) is 21.8. The molecule has 2 heteroatoms. The van der Waals surface area contributed by atoms with Crippen molar-refractivity contribution < 1.29 is 0 Å². The average molecular weight is 290 g/mol. The van der Waals surface area contributed by atoms with E-state index in [1.54, 1.807) is 0 Å². The first-order valence-electron chi connectivity index (χ1n) is 8.07. The zero-order chi connectivity index (χ0) is 15.4. The lowest BCUT2D eigenvalue weighted by Crippen LogP contribution is -2.29. The Labute approximate surface area is 132 Å². The maximum absolute atomic E-state index is 9.02. The summed E-state index contributed by atoms with van der Waals surface area (Å²) in [5.74, 6) is 0.677. The van der Waals surface area contributed by atoms with E-state index in [0.717, 1.165) is 5.56 Å². The molecule has 1 saturated carbocycles. The predicted octanol–water partition coefficient (Wildman–Crippen LogP) is 4.55. The highest BCUT2D eigenvalue weighted by molar-refractivity contribution is 5.34. The summed E-state index contributed by atoms with van der Waals surface area (Å²) >= 11 is 0. The molecule has 0 bridgehead atoms. The minimum absolute atomic E-state index is 0.285. The van der Waals surface area contributed by atoms with Gasteiger partial charge in [0.05, 0.1) is 11.6 Å². The number of nitriles is 1. The minimum Gasteiger partial charge on any atom is -0.307 e. The monoisotopic (exact) mass is 290 g/mol. The molecule has 0 amide bonds. The van der Waals surface area contributed by atoms with E-state index in [2.05, 4.69) is 54.7 Å². The first-order valence-corrected chi connectivity index (χ1v) is 8.07. The molecule has 1 fully saturated rings. The topological polar surface area (TPSA) is 35.8 Å². The molecule has 0 heterocycles. The van der Waals surface area contributed by atoms with Crippen molar-refractivity contribution in [3.63, 3.8) is 0 Å². The van der Waals surface area contributed by atoms with Gasteiger partial charge in [-0.15, -0.1) is 0 Å². The van der Waals surface area contributed by atoms with Crippen LogP contribution in [0.3, 0.4) is 0 Å². The van der Waals surface area contributed by atoms with Gasteiger partial charge in [0.1, 0.15) is 0 Å². The molecule has 0 aliphatic heterocycles. The van der Waals surface area contributed by atoms with E-state index in [1.807, 2.05) is 18.2 Å². The summed E-state index contributed by atoms with van der Waals surface area (Å²) in [5, 5.41) is 12.8. The summed E-state index contributed by atoms with van der Waals surface area (Å²) in [7, 11) is 0. The third-order valence-corrected chi connectivity index (χ3v) is 4.71. The molecule has 2 aromatic rings. The Balaban J connectivity index is 1.61. The van der Waals surface area contributed by atoms with Crippen LogP contribution in [-0.4, -0.2) is 6.04 Å². The average Bonchev–Trinajstić information content (AvgIpc) is 3.04. The standard InChI is InChI=1S/C20H22N2/c1-15(18-9-5-6-16(12-18)14-21)22-20-11-10-19(13-20)17-7-3-2-4-8-17/h2-9,12,15,19-20,22H,10-11,13H2,1H3. The molecule has 3 unspecified atom stereocenters. The quantitative estimate of drug-likeness (QED) is 0.897. The van der Waals surface area contributed by atoms with Crippen molar-refractivity contribution in [3.8, 4) is 6.07 Å². The smallest absolute Gasteiger partial charge is 0.0991 e. The van der Waals surface area contributed by atoms with Crippen LogP contribution < -0.4 is 5.32 Å². The highest BCUT2D eigenvalue weighted by Crippen LogP contribution is 2.35.